The Balaban J connectivity index is 1.39. The molecule has 0 radical (unpaired) electrons. The first-order valence-corrected chi connectivity index (χ1v) is 10.7. The molecule has 0 heterocycles. The van der Waals surface area contributed by atoms with Gasteiger partial charge in [-0.3, -0.25) is 4.79 Å². The molecule has 3 N–H and O–H groups in total. The van der Waals surface area contributed by atoms with Gasteiger partial charge in [-0.05, 0) is 92.2 Å². The second kappa shape index (κ2) is 7.73. The topological polar surface area (TPSA) is 69.6 Å². The van der Waals surface area contributed by atoms with Crippen LogP contribution in [-0.4, -0.2) is 35.4 Å². The molecule has 5 heteroatoms. The smallest absolute Gasteiger partial charge is 0.252 e. The van der Waals surface area contributed by atoms with Crippen LogP contribution in [0.4, 0.5) is 0 Å². The lowest BCUT2D eigenvalue weighted by atomic mass is 9.49. The highest BCUT2D eigenvalue weighted by molar-refractivity contribution is 6.33. The fraction of sp³-hybridized carbons (Fsp3) is 0.682. The molecule has 4 saturated carbocycles. The normalized spacial score (nSPS) is 32.5. The van der Waals surface area contributed by atoms with E-state index in [1.54, 1.807) is 6.07 Å². The number of amides is 1. The Morgan fingerprint density at radius 1 is 1.19 bits per heavy atom. The monoisotopic (exact) mass is 391 g/mol. The van der Waals surface area contributed by atoms with E-state index in [9.17, 15) is 9.90 Å². The lowest BCUT2D eigenvalue weighted by molar-refractivity contribution is -0.0503. The fourth-order valence-electron chi connectivity index (χ4n) is 6.20. The number of aryl methyl sites for hydroxylation is 1. The van der Waals surface area contributed by atoms with Crippen LogP contribution in [0.15, 0.2) is 18.2 Å². The van der Waals surface area contributed by atoms with Crippen LogP contribution < -0.4 is 5.32 Å². The summed E-state index contributed by atoms with van der Waals surface area (Å²) in [5, 5.41) is 22.1. The lowest BCUT2D eigenvalue weighted by Gasteiger charge is -2.56. The maximum absolute atomic E-state index is 12.8. The summed E-state index contributed by atoms with van der Waals surface area (Å²) >= 11 is 6.29. The predicted octanol–water partition coefficient (Wildman–Crippen LogP) is 3.57. The molecule has 0 unspecified atom stereocenters. The molecule has 148 valence electrons. The summed E-state index contributed by atoms with van der Waals surface area (Å²) in [6, 6.07) is 5.45. The summed E-state index contributed by atoms with van der Waals surface area (Å²) in [5.41, 5.74) is 1.77. The van der Waals surface area contributed by atoms with Gasteiger partial charge in [0.05, 0.1) is 23.3 Å². The quantitative estimate of drug-likeness (QED) is 0.665. The van der Waals surface area contributed by atoms with Crippen molar-refractivity contribution in [2.45, 2.75) is 57.5 Å². The van der Waals surface area contributed by atoms with Crippen LogP contribution >= 0.6 is 11.6 Å². The minimum absolute atomic E-state index is 0.0969. The van der Waals surface area contributed by atoms with Crippen LogP contribution in [0.1, 0.15) is 60.9 Å². The van der Waals surface area contributed by atoms with Crippen LogP contribution in [0.5, 0.6) is 0 Å². The highest BCUT2D eigenvalue weighted by Gasteiger charge is 2.50. The van der Waals surface area contributed by atoms with Gasteiger partial charge in [-0.15, -0.1) is 0 Å². The van der Waals surface area contributed by atoms with Crippen LogP contribution in [0.25, 0.3) is 0 Å². The van der Waals surface area contributed by atoms with Gasteiger partial charge in [0.1, 0.15) is 0 Å². The van der Waals surface area contributed by atoms with Crippen molar-refractivity contribution in [3.63, 3.8) is 0 Å². The number of carbonyl (C=O) groups is 1. The molecule has 1 aromatic carbocycles. The molecule has 4 aliphatic rings. The molecule has 4 nitrogen and oxygen atoms in total. The van der Waals surface area contributed by atoms with Crippen molar-refractivity contribution in [3.05, 3.63) is 34.3 Å². The van der Waals surface area contributed by atoms with E-state index in [1.165, 1.54) is 38.5 Å². The zero-order valence-corrected chi connectivity index (χ0v) is 16.5. The Morgan fingerprint density at radius 3 is 2.41 bits per heavy atom. The van der Waals surface area contributed by atoms with Gasteiger partial charge in [0.25, 0.3) is 5.91 Å². The van der Waals surface area contributed by atoms with E-state index in [2.05, 4.69) is 5.32 Å². The minimum Gasteiger partial charge on any atom is -0.394 e. The number of aliphatic hydroxyl groups is 2. The van der Waals surface area contributed by atoms with Crippen molar-refractivity contribution < 1.29 is 15.0 Å². The molecular weight excluding hydrogens is 362 g/mol. The zero-order valence-electron chi connectivity index (χ0n) is 15.8. The van der Waals surface area contributed by atoms with Gasteiger partial charge in [0.15, 0.2) is 0 Å². The average molecular weight is 392 g/mol. The summed E-state index contributed by atoms with van der Waals surface area (Å²) in [6.07, 6.45) is 8.36. The van der Waals surface area contributed by atoms with Gasteiger partial charge in [-0.2, -0.15) is 0 Å². The molecule has 1 atom stereocenters. The Kier molecular flexibility index (Phi) is 5.50. The van der Waals surface area contributed by atoms with Crippen molar-refractivity contribution in [1.82, 2.24) is 5.32 Å². The molecule has 27 heavy (non-hydrogen) atoms. The number of halogens is 1. The number of hydrogen-bond donors (Lipinski definition) is 3. The molecule has 1 aromatic rings. The second-order valence-electron chi connectivity index (χ2n) is 9.29. The average Bonchev–Trinajstić information content (AvgIpc) is 2.64. The number of aliphatic hydroxyl groups excluding tert-OH is 2. The van der Waals surface area contributed by atoms with Crippen LogP contribution in [0.2, 0.25) is 5.02 Å². The third-order valence-corrected chi connectivity index (χ3v) is 7.37. The van der Waals surface area contributed by atoms with Gasteiger partial charge in [-0.1, -0.05) is 17.7 Å². The van der Waals surface area contributed by atoms with Crippen molar-refractivity contribution in [1.29, 1.82) is 0 Å². The molecule has 5 rings (SSSR count). The van der Waals surface area contributed by atoms with Gasteiger partial charge >= 0.3 is 0 Å². The van der Waals surface area contributed by atoms with E-state index in [0.29, 0.717) is 28.8 Å². The third kappa shape index (κ3) is 4.18. The molecule has 4 fully saturated rings. The van der Waals surface area contributed by atoms with E-state index in [-0.39, 0.29) is 12.5 Å². The van der Waals surface area contributed by atoms with Crippen molar-refractivity contribution >= 4 is 17.5 Å². The molecule has 0 spiro atoms. The number of benzene rings is 1. The summed E-state index contributed by atoms with van der Waals surface area (Å²) in [6.45, 7) is 0.519. The Hall–Kier alpha value is -1.10. The SMILES string of the molecule is O=C(NCC12CC3CC(CC(C3)C1)C2)c1cc(CC[C@H](O)CO)ccc1Cl. The first kappa shape index (κ1) is 19.2. The van der Waals surface area contributed by atoms with E-state index in [4.69, 9.17) is 16.7 Å². The zero-order chi connectivity index (χ0) is 19.0. The predicted molar refractivity (Wildman–Crippen MR) is 106 cm³/mol. The summed E-state index contributed by atoms with van der Waals surface area (Å²) in [4.78, 5) is 12.8. The molecular formula is C22H30ClNO3. The van der Waals surface area contributed by atoms with Gasteiger partial charge in [0.2, 0.25) is 0 Å². The van der Waals surface area contributed by atoms with Crippen LogP contribution in [0, 0.1) is 23.2 Å². The molecule has 1 amide bonds. The summed E-state index contributed by atoms with van der Waals surface area (Å²) < 4.78 is 0. The summed E-state index contributed by atoms with van der Waals surface area (Å²) in [5.74, 6) is 2.52. The van der Waals surface area contributed by atoms with Crippen LogP contribution in [-0.2, 0) is 6.42 Å². The minimum atomic E-state index is -0.728. The second-order valence-corrected chi connectivity index (χ2v) is 9.70. The first-order valence-electron chi connectivity index (χ1n) is 10.3. The highest BCUT2D eigenvalue weighted by Crippen LogP contribution is 2.59. The molecule has 0 saturated heterocycles. The maximum Gasteiger partial charge on any atom is 0.252 e. The van der Waals surface area contributed by atoms with E-state index in [0.717, 1.165) is 29.9 Å². The fourth-order valence-corrected chi connectivity index (χ4v) is 6.40. The van der Waals surface area contributed by atoms with E-state index in [1.807, 2.05) is 12.1 Å². The van der Waals surface area contributed by atoms with Gasteiger partial charge in [-0.25, -0.2) is 0 Å². The Labute approximate surface area is 166 Å². The van der Waals surface area contributed by atoms with Crippen molar-refractivity contribution in [2.75, 3.05) is 13.2 Å². The number of nitrogens with one attached hydrogen (secondary N) is 1. The van der Waals surface area contributed by atoms with Gasteiger partial charge in [0, 0.05) is 6.54 Å². The number of hydrogen-bond acceptors (Lipinski definition) is 3. The first-order chi connectivity index (χ1) is 13.0. The molecule has 4 bridgehead atoms. The molecule has 4 aliphatic carbocycles. The maximum atomic E-state index is 12.8. The van der Waals surface area contributed by atoms with Crippen molar-refractivity contribution in [2.24, 2.45) is 23.2 Å². The van der Waals surface area contributed by atoms with Crippen molar-refractivity contribution in [3.8, 4) is 0 Å². The number of carbonyl (C=O) groups excluding carboxylic acids is 1. The third-order valence-electron chi connectivity index (χ3n) is 7.04. The van der Waals surface area contributed by atoms with Crippen LogP contribution in [0.3, 0.4) is 0 Å². The van der Waals surface area contributed by atoms with E-state index < -0.39 is 6.10 Å². The summed E-state index contributed by atoms with van der Waals surface area (Å²) in [7, 11) is 0. The van der Waals surface area contributed by atoms with E-state index >= 15 is 0 Å². The highest BCUT2D eigenvalue weighted by atomic mass is 35.5. The Bertz CT molecular complexity index is 670. The van der Waals surface area contributed by atoms with Gasteiger partial charge < -0.3 is 15.5 Å². The molecule has 0 aliphatic heterocycles. The molecule has 0 aromatic heterocycles. The number of rotatable bonds is 7. The Morgan fingerprint density at radius 2 is 1.81 bits per heavy atom. The largest absolute Gasteiger partial charge is 0.394 e. The standard InChI is InChI=1S/C22H30ClNO3/c23-20-4-2-14(1-3-18(26)12-25)8-19(20)21(27)24-13-22-9-15-5-16(10-22)7-17(6-15)11-22/h2,4,8,15-18,25-26H,1,3,5-7,9-13H2,(H,24,27)/t15?,16?,17?,18-,22?/m0/s1. The lowest BCUT2D eigenvalue weighted by Crippen LogP contribution is -2.51.